The monoisotopic (exact) mass is 162 g/mol. The first kappa shape index (κ1) is 17.2. The van der Waals surface area contributed by atoms with Crippen LogP contribution in [0.5, 0.6) is 0 Å². The highest BCUT2D eigenvalue weighted by Crippen LogP contribution is 2.10. The van der Waals surface area contributed by atoms with Crippen LogP contribution in [0.15, 0.2) is 0 Å². The molecular formula is C10H26O. The van der Waals surface area contributed by atoms with Crippen molar-refractivity contribution in [1.82, 2.24) is 0 Å². The lowest BCUT2D eigenvalue weighted by molar-refractivity contribution is 0.403. The molecule has 72 valence electrons. The SMILES string of the molecule is CC.CC.CC.CCC1CO1. The molecular weight excluding hydrogens is 136 g/mol. The minimum absolute atomic E-state index is 0.634. The molecule has 0 aromatic heterocycles. The van der Waals surface area contributed by atoms with Crippen LogP contribution in [-0.4, -0.2) is 12.7 Å². The van der Waals surface area contributed by atoms with Crippen LogP contribution in [0.2, 0.25) is 0 Å². The fourth-order valence-electron chi connectivity index (χ4n) is 0.304. The summed E-state index contributed by atoms with van der Waals surface area (Å²) < 4.78 is 4.86. The second-order valence-electron chi connectivity index (χ2n) is 1.36. The summed E-state index contributed by atoms with van der Waals surface area (Å²) in [4.78, 5) is 0. The first-order valence-electron chi connectivity index (χ1n) is 5.05. The molecule has 11 heavy (non-hydrogen) atoms. The Morgan fingerprint density at radius 2 is 1.27 bits per heavy atom. The van der Waals surface area contributed by atoms with Gasteiger partial charge in [0.05, 0.1) is 12.7 Å². The molecule has 0 aliphatic carbocycles. The molecule has 0 saturated carbocycles. The summed E-state index contributed by atoms with van der Waals surface area (Å²) >= 11 is 0. The summed E-state index contributed by atoms with van der Waals surface area (Å²) in [5.74, 6) is 0. The summed E-state index contributed by atoms with van der Waals surface area (Å²) in [6, 6.07) is 0. The molecule has 1 unspecified atom stereocenters. The molecule has 0 radical (unpaired) electrons. The minimum Gasteiger partial charge on any atom is -0.373 e. The zero-order chi connectivity index (χ0) is 9.70. The molecule has 1 nitrogen and oxygen atoms in total. The highest BCUT2D eigenvalue weighted by molar-refractivity contribution is 4.64. The van der Waals surface area contributed by atoms with Gasteiger partial charge < -0.3 is 4.74 Å². The molecule has 1 aliphatic rings. The molecule has 0 amide bonds. The van der Waals surface area contributed by atoms with Gasteiger partial charge in [-0.15, -0.1) is 0 Å². The summed E-state index contributed by atoms with van der Waals surface area (Å²) in [5.41, 5.74) is 0. The van der Waals surface area contributed by atoms with E-state index in [1.165, 1.54) is 6.42 Å². The molecule has 1 atom stereocenters. The Morgan fingerprint density at radius 3 is 1.27 bits per heavy atom. The van der Waals surface area contributed by atoms with Crippen LogP contribution in [-0.2, 0) is 4.74 Å². The number of ether oxygens (including phenoxy) is 1. The van der Waals surface area contributed by atoms with E-state index in [-0.39, 0.29) is 0 Å². The average Bonchev–Trinajstić information content (AvgIpc) is 2.98. The topological polar surface area (TPSA) is 12.5 Å². The van der Waals surface area contributed by atoms with Gasteiger partial charge in [-0.2, -0.15) is 0 Å². The average molecular weight is 162 g/mol. The van der Waals surface area contributed by atoms with Gasteiger partial charge in [-0.1, -0.05) is 48.5 Å². The van der Waals surface area contributed by atoms with Gasteiger partial charge in [0.15, 0.2) is 0 Å². The Balaban J connectivity index is -0.0000000933. The molecule has 1 rings (SSSR count). The third-order valence-electron chi connectivity index (χ3n) is 0.858. The molecule has 0 bridgehead atoms. The van der Waals surface area contributed by atoms with Crippen molar-refractivity contribution >= 4 is 0 Å². The van der Waals surface area contributed by atoms with Crippen molar-refractivity contribution in [3.63, 3.8) is 0 Å². The predicted molar refractivity (Wildman–Crippen MR) is 54.1 cm³/mol. The molecule has 1 aliphatic heterocycles. The van der Waals surface area contributed by atoms with Crippen LogP contribution in [0.1, 0.15) is 54.9 Å². The standard InChI is InChI=1S/C4H8O.3C2H6/c1-2-4-3-5-4;3*1-2/h4H,2-3H2,1H3;3*1-2H3. The Morgan fingerprint density at radius 1 is 1.00 bits per heavy atom. The summed E-state index contributed by atoms with van der Waals surface area (Å²) in [6.45, 7) is 15.1. The van der Waals surface area contributed by atoms with Gasteiger partial charge in [-0.05, 0) is 6.42 Å². The Bertz CT molecular complexity index is 31.9. The number of hydrogen-bond acceptors (Lipinski definition) is 1. The Hall–Kier alpha value is -0.0400. The van der Waals surface area contributed by atoms with Gasteiger partial charge in [0.2, 0.25) is 0 Å². The fourth-order valence-corrected chi connectivity index (χ4v) is 0.304. The molecule has 0 spiro atoms. The van der Waals surface area contributed by atoms with Crippen molar-refractivity contribution in [3.05, 3.63) is 0 Å². The summed E-state index contributed by atoms with van der Waals surface area (Å²) in [5, 5.41) is 0. The predicted octanol–water partition coefficient (Wildman–Crippen LogP) is 3.87. The zero-order valence-electron chi connectivity index (χ0n) is 9.40. The fraction of sp³-hybridized carbons (Fsp3) is 1.00. The van der Waals surface area contributed by atoms with Gasteiger partial charge in [-0.3, -0.25) is 0 Å². The highest BCUT2D eigenvalue weighted by Gasteiger charge is 2.18. The lowest BCUT2D eigenvalue weighted by Crippen LogP contribution is -1.73. The van der Waals surface area contributed by atoms with E-state index < -0.39 is 0 Å². The molecule has 0 aromatic rings. The maximum absolute atomic E-state index is 4.86. The van der Waals surface area contributed by atoms with Crippen molar-refractivity contribution in [2.45, 2.75) is 61.0 Å². The van der Waals surface area contributed by atoms with Crippen LogP contribution in [0, 0.1) is 0 Å². The third-order valence-corrected chi connectivity index (χ3v) is 0.858. The van der Waals surface area contributed by atoms with Gasteiger partial charge in [0.25, 0.3) is 0 Å². The maximum atomic E-state index is 4.86. The first-order valence-corrected chi connectivity index (χ1v) is 5.05. The molecule has 1 saturated heterocycles. The van der Waals surface area contributed by atoms with Crippen molar-refractivity contribution in [2.75, 3.05) is 6.61 Å². The number of rotatable bonds is 1. The second-order valence-corrected chi connectivity index (χ2v) is 1.36. The summed E-state index contributed by atoms with van der Waals surface area (Å²) in [7, 11) is 0. The largest absolute Gasteiger partial charge is 0.373 e. The van der Waals surface area contributed by atoms with Crippen LogP contribution in [0.4, 0.5) is 0 Å². The summed E-state index contributed by atoms with van der Waals surface area (Å²) in [6.07, 6.45) is 1.83. The lowest BCUT2D eigenvalue weighted by Gasteiger charge is -1.69. The van der Waals surface area contributed by atoms with E-state index in [2.05, 4.69) is 6.92 Å². The Labute approximate surface area is 73.1 Å². The van der Waals surface area contributed by atoms with E-state index in [0.717, 1.165) is 6.61 Å². The van der Waals surface area contributed by atoms with E-state index in [4.69, 9.17) is 4.74 Å². The Kier molecular flexibility index (Phi) is 35.1. The number of epoxide rings is 1. The maximum Gasteiger partial charge on any atom is 0.0807 e. The molecule has 0 aromatic carbocycles. The van der Waals surface area contributed by atoms with Crippen molar-refractivity contribution in [2.24, 2.45) is 0 Å². The van der Waals surface area contributed by atoms with E-state index in [1.807, 2.05) is 41.5 Å². The zero-order valence-corrected chi connectivity index (χ0v) is 9.40. The quantitative estimate of drug-likeness (QED) is 0.533. The van der Waals surface area contributed by atoms with Gasteiger partial charge in [0, 0.05) is 0 Å². The lowest BCUT2D eigenvalue weighted by atomic mass is 10.4. The van der Waals surface area contributed by atoms with Crippen molar-refractivity contribution in [3.8, 4) is 0 Å². The van der Waals surface area contributed by atoms with E-state index in [9.17, 15) is 0 Å². The van der Waals surface area contributed by atoms with Crippen molar-refractivity contribution in [1.29, 1.82) is 0 Å². The number of hydrogen-bond donors (Lipinski definition) is 0. The minimum atomic E-state index is 0.634. The van der Waals surface area contributed by atoms with Crippen LogP contribution in [0.25, 0.3) is 0 Å². The smallest absolute Gasteiger partial charge is 0.0807 e. The molecule has 1 fully saturated rings. The second kappa shape index (κ2) is 22.5. The molecule has 1 heteroatoms. The van der Waals surface area contributed by atoms with Gasteiger partial charge in [0.1, 0.15) is 0 Å². The third kappa shape index (κ3) is 25.7. The van der Waals surface area contributed by atoms with Crippen LogP contribution < -0.4 is 0 Å². The van der Waals surface area contributed by atoms with E-state index >= 15 is 0 Å². The normalized spacial score (nSPS) is 17.2. The highest BCUT2D eigenvalue weighted by atomic mass is 16.6. The van der Waals surface area contributed by atoms with Crippen LogP contribution in [0.3, 0.4) is 0 Å². The molecule has 1 heterocycles. The van der Waals surface area contributed by atoms with Gasteiger partial charge >= 0.3 is 0 Å². The van der Waals surface area contributed by atoms with Gasteiger partial charge in [-0.25, -0.2) is 0 Å². The van der Waals surface area contributed by atoms with E-state index in [1.54, 1.807) is 0 Å². The first-order chi connectivity index (χ1) is 5.43. The molecule has 0 N–H and O–H groups in total. The van der Waals surface area contributed by atoms with Crippen LogP contribution >= 0.6 is 0 Å². The van der Waals surface area contributed by atoms with E-state index in [0.29, 0.717) is 6.10 Å². The van der Waals surface area contributed by atoms with Crippen molar-refractivity contribution < 1.29 is 4.74 Å².